The predicted octanol–water partition coefficient (Wildman–Crippen LogP) is 13.3. The number of aliphatic imine (C=N–C) groups is 1. The molecule has 1 aromatic heterocycles. The van der Waals surface area contributed by atoms with Crippen LogP contribution in [0, 0.1) is 0 Å². The highest BCUT2D eigenvalue weighted by Gasteiger charge is 2.21. The first kappa shape index (κ1) is 30.5. The zero-order valence-electron chi connectivity index (χ0n) is 28.4. The Hall–Kier alpha value is -6.51. The van der Waals surface area contributed by atoms with Gasteiger partial charge in [0.1, 0.15) is 11.2 Å². The Morgan fingerprint density at radius 2 is 0.941 bits per heavy atom. The van der Waals surface area contributed by atoms with Crippen LogP contribution in [0.1, 0.15) is 30.0 Å². The quantitative estimate of drug-likeness (QED) is 0.175. The molecule has 2 heteroatoms. The minimum Gasteiger partial charge on any atom is -0.456 e. The molecular formula is C49H35NO. The number of hydrogen-bond donors (Lipinski definition) is 0. The summed E-state index contributed by atoms with van der Waals surface area (Å²) >= 11 is 0. The maximum absolute atomic E-state index is 6.28. The molecule has 0 saturated carbocycles. The van der Waals surface area contributed by atoms with Crippen molar-refractivity contribution < 1.29 is 4.42 Å². The first-order chi connectivity index (χ1) is 25.2. The third-order valence-electron chi connectivity index (χ3n) is 10.0. The SMILES string of the molecule is CC1=C(c2ccccc2)N=C(c2ccccc2-c2cccc3oc4ccccc4c23)CC=C1c1ccc(-c2ccc(-c3ccccc3)cc2)cc1. The van der Waals surface area contributed by atoms with E-state index in [4.69, 9.17) is 9.41 Å². The molecule has 242 valence electrons. The average molecular weight is 654 g/mol. The molecule has 2 nitrogen and oxygen atoms in total. The van der Waals surface area contributed by atoms with Crippen LogP contribution in [-0.2, 0) is 0 Å². The van der Waals surface area contributed by atoms with Gasteiger partial charge in [0.25, 0.3) is 0 Å². The van der Waals surface area contributed by atoms with Crippen LogP contribution in [0.4, 0.5) is 0 Å². The number of para-hydroxylation sites is 1. The largest absolute Gasteiger partial charge is 0.456 e. The minimum atomic E-state index is 0.699. The molecule has 2 heterocycles. The molecule has 1 aliphatic rings. The van der Waals surface area contributed by atoms with Gasteiger partial charge in [-0.05, 0) is 69.1 Å². The van der Waals surface area contributed by atoms with Gasteiger partial charge in [-0.1, -0.05) is 170 Å². The topological polar surface area (TPSA) is 25.5 Å². The van der Waals surface area contributed by atoms with Gasteiger partial charge in [0.2, 0.25) is 0 Å². The molecular weight excluding hydrogens is 619 g/mol. The van der Waals surface area contributed by atoms with Gasteiger partial charge in [-0.2, -0.15) is 0 Å². The van der Waals surface area contributed by atoms with Crippen LogP contribution in [0.2, 0.25) is 0 Å². The summed E-state index contributed by atoms with van der Waals surface area (Å²) in [6, 6.07) is 62.2. The number of allylic oxidation sites excluding steroid dienone is 3. The van der Waals surface area contributed by atoms with Crippen molar-refractivity contribution in [2.24, 2.45) is 4.99 Å². The minimum absolute atomic E-state index is 0.699. The lowest BCUT2D eigenvalue weighted by Gasteiger charge is -2.14. The van der Waals surface area contributed by atoms with Crippen LogP contribution in [0.3, 0.4) is 0 Å². The standard InChI is InChI=1S/C49H35NO/c1-33-40(38-29-27-37(28-30-38)36-25-23-35(24-26-36)34-13-4-2-5-14-34)31-32-45(50-49(33)39-15-6-3-7-16-39)42-18-9-8-17-41(42)43-20-12-22-47-48(43)44-19-10-11-21-46(44)51-47/h2-31H,32H2,1H3. The highest BCUT2D eigenvalue weighted by molar-refractivity contribution is 6.17. The molecule has 0 fully saturated rings. The van der Waals surface area contributed by atoms with Crippen LogP contribution >= 0.6 is 0 Å². The number of nitrogens with zero attached hydrogens (tertiary/aromatic N) is 1. The Labute approximate surface area is 298 Å². The van der Waals surface area contributed by atoms with Crippen LogP contribution in [-0.4, -0.2) is 5.71 Å². The van der Waals surface area contributed by atoms with Gasteiger partial charge in [-0.25, -0.2) is 0 Å². The Morgan fingerprint density at radius 1 is 0.431 bits per heavy atom. The molecule has 8 aromatic rings. The molecule has 1 aliphatic heterocycles. The predicted molar refractivity (Wildman–Crippen MR) is 215 cm³/mol. The fourth-order valence-corrected chi connectivity index (χ4v) is 7.42. The van der Waals surface area contributed by atoms with Gasteiger partial charge in [0.05, 0.1) is 11.4 Å². The van der Waals surface area contributed by atoms with Crippen molar-refractivity contribution in [1.29, 1.82) is 0 Å². The molecule has 0 radical (unpaired) electrons. The fraction of sp³-hybridized carbons (Fsp3) is 0.0408. The molecule has 0 bridgehead atoms. The number of fused-ring (bicyclic) bond motifs is 3. The van der Waals surface area contributed by atoms with E-state index in [2.05, 4.69) is 177 Å². The summed E-state index contributed by atoms with van der Waals surface area (Å²) in [7, 11) is 0. The second kappa shape index (κ2) is 13.1. The lowest BCUT2D eigenvalue weighted by molar-refractivity contribution is 0.669. The zero-order valence-corrected chi connectivity index (χ0v) is 28.4. The van der Waals surface area contributed by atoms with Crippen molar-refractivity contribution >= 4 is 38.9 Å². The maximum Gasteiger partial charge on any atom is 0.136 e. The van der Waals surface area contributed by atoms with E-state index in [-0.39, 0.29) is 0 Å². The number of hydrogen-bond acceptors (Lipinski definition) is 2. The molecule has 0 N–H and O–H groups in total. The summed E-state index contributed by atoms with van der Waals surface area (Å²) in [6.45, 7) is 2.21. The number of furan rings is 1. The monoisotopic (exact) mass is 653 g/mol. The Bertz CT molecular complexity index is 2620. The van der Waals surface area contributed by atoms with Crippen molar-refractivity contribution in [3.8, 4) is 33.4 Å². The number of benzene rings is 7. The van der Waals surface area contributed by atoms with Crippen molar-refractivity contribution in [2.75, 3.05) is 0 Å². The molecule has 0 amide bonds. The molecule has 0 aliphatic carbocycles. The van der Waals surface area contributed by atoms with Crippen LogP contribution in [0.15, 0.2) is 197 Å². The van der Waals surface area contributed by atoms with Crippen molar-refractivity contribution in [3.63, 3.8) is 0 Å². The summed E-state index contributed by atoms with van der Waals surface area (Å²) in [5, 5.41) is 2.26. The summed E-state index contributed by atoms with van der Waals surface area (Å²) in [4.78, 5) is 5.51. The first-order valence-electron chi connectivity index (χ1n) is 17.5. The van der Waals surface area contributed by atoms with Gasteiger partial charge in [-0.3, -0.25) is 4.99 Å². The van der Waals surface area contributed by atoms with Crippen molar-refractivity contribution in [1.82, 2.24) is 0 Å². The van der Waals surface area contributed by atoms with Gasteiger partial charge in [0, 0.05) is 28.3 Å². The highest BCUT2D eigenvalue weighted by atomic mass is 16.3. The third kappa shape index (κ3) is 5.71. The van der Waals surface area contributed by atoms with E-state index < -0.39 is 0 Å². The van der Waals surface area contributed by atoms with Gasteiger partial charge in [0.15, 0.2) is 0 Å². The smallest absolute Gasteiger partial charge is 0.136 e. The maximum atomic E-state index is 6.28. The van der Waals surface area contributed by atoms with Crippen LogP contribution in [0.25, 0.3) is 66.6 Å². The molecule has 0 saturated heterocycles. The molecule has 0 atom stereocenters. The molecule has 9 rings (SSSR count). The first-order valence-corrected chi connectivity index (χ1v) is 17.5. The third-order valence-corrected chi connectivity index (χ3v) is 10.0. The lowest BCUT2D eigenvalue weighted by atomic mass is 9.91. The molecule has 7 aromatic carbocycles. The fourth-order valence-electron chi connectivity index (χ4n) is 7.42. The normalized spacial score (nSPS) is 13.3. The highest BCUT2D eigenvalue weighted by Crippen LogP contribution is 2.40. The second-order valence-corrected chi connectivity index (χ2v) is 13.1. The summed E-state index contributed by atoms with van der Waals surface area (Å²) in [6.07, 6.45) is 3.06. The Morgan fingerprint density at radius 3 is 1.63 bits per heavy atom. The molecule has 0 unspecified atom stereocenters. The van der Waals surface area contributed by atoms with Gasteiger partial charge >= 0.3 is 0 Å². The summed E-state index contributed by atoms with van der Waals surface area (Å²) in [5.41, 5.74) is 16.8. The van der Waals surface area contributed by atoms with Gasteiger partial charge < -0.3 is 4.42 Å². The Kier molecular flexibility index (Phi) is 7.83. The Balaban J connectivity index is 1.12. The van der Waals surface area contributed by atoms with Gasteiger partial charge in [-0.15, -0.1) is 0 Å². The lowest BCUT2D eigenvalue weighted by Crippen LogP contribution is -2.03. The molecule has 0 spiro atoms. The van der Waals surface area contributed by atoms with Crippen molar-refractivity contribution in [3.05, 3.63) is 204 Å². The van der Waals surface area contributed by atoms with Crippen LogP contribution in [0.5, 0.6) is 0 Å². The van der Waals surface area contributed by atoms with E-state index in [0.717, 1.165) is 61.2 Å². The second-order valence-electron chi connectivity index (χ2n) is 13.1. The van der Waals surface area contributed by atoms with E-state index in [1.165, 1.54) is 33.4 Å². The zero-order chi connectivity index (χ0) is 34.1. The number of rotatable bonds is 6. The van der Waals surface area contributed by atoms with E-state index >= 15 is 0 Å². The van der Waals surface area contributed by atoms with E-state index in [1.54, 1.807) is 0 Å². The summed E-state index contributed by atoms with van der Waals surface area (Å²) in [5.74, 6) is 0. The van der Waals surface area contributed by atoms with E-state index in [0.29, 0.717) is 6.42 Å². The van der Waals surface area contributed by atoms with E-state index in [9.17, 15) is 0 Å². The average Bonchev–Trinajstić information content (AvgIpc) is 3.50. The van der Waals surface area contributed by atoms with Crippen molar-refractivity contribution in [2.45, 2.75) is 13.3 Å². The molecule has 51 heavy (non-hydrogen) atoms. The summed E-state index contributed by atoms with van der Waals surface area (Å²) < 4.78 is 6.28. The van der Waals surface area contributed by atoms with E-state index in [1.807, 2.05) is 12.1 Å². The van der Waals surface area contributed by atoms with Crippen LogP contribution < -0.4 is 0 Å².